The van der Waals surface area contributed by atoms with Gasteiger partial charge in [0.15, 0.2) is 0 Å². The summed E-state index contributed by atoms with van der Waals surface area (Å²) in [6.45, 7) is 1.63. The number of carbonyl (C=O) groups excluding carboxylic acids is 1. The second-order valence-corrected chi connectivity index (χ2v) is 4.44. The fraction of sp³-hybridized carbons (Fsp3) is 0.357. The molecule has 1 N–H and O–H groups in total. The molecule has 0 unspecified atom stereocenters. The van der Waals surface area contributed by atoms with Crippen molar-refractivity contribution in [3.05, 3.63) is 34.9 Å². The van der Waals surface area contributed by atoms with E-state index >= 15 is 0 Å². The second-order valence-electron chi connectivity index (χ2n) is 4.44. The Labute approximate surface area is 106 Å². The van der Waals surface area contributed by atoms with Gasteiger partial charge in [-0.05, 0) is 41.7 Å². The van der Waals surface area contributed by atoms with Crippen molar-refractivity contribution in [2.24, 2.45) is 0 Å². The van der Waals surface area contributed by atoms with E-state index in [2.05, 4.69) is 0 Å². The molecule has 0 fully saturated rings. The minimum absolute atomic E-state index is 0.279. The average Bonchev–Trinajstić information content (AvgIpc) is 2.37. The topological polar surface area (TPSA) is 49.8 Å². The van der Waals surface area contributed by atoms with Crippen LogP contribution in [0.15, 0.2) is 23.8 Å². The number of rotatable bonds is 3. The van der Waals surface area contributed by atoms with Gasteiger partial charge in [0.2, 0.25) is 5.91 Å². The minimum Gasteiger partial charge on any atom is -0.497 e. The van der Waals surface area contributed by atoms with Crippen LogP contribution in [0, 0.1) is 0 Å². The number of fused-ring (bicyclic) bond motifs is 1. The van der Waals surface area contributed by atoms with E-state index in [0.717, 1.165) is 34.8 Å². The van der Waals surface area contributed by atoms with E-state index in [9.17, 15) is 10.0 Å². The van der Waals surface area contributed by atoms with Crippen LogP contribution in [-0.4, -0.2) is 29.8 Å². The number of methoxy groups -OCH3 is 1. The molecule has 0 spiro atoms. The van der Waals surface area contributed by atoms with E-state index in [4.69, 9.17) is 4.74 Å². The number of carbonyl (C=O) groups is 1. The van der Waals surface area contributed by atoms with Gasteiger partial charge < -0.3 is 4.74 Å². The summed E-state index contributed by atoms with van der Waals surface area (Å²) in [5.74, 6) is 0.523. The third-order valence-electron chi connectivity index (χ3n) is 3.14. The van der Waals surface area contributed by atoms with Gasteiger partial charge in [0, 0.05) is 6.92 Å². The summed E-state index contributed by atoms with van der Waals surface area (Å²) in [5.41, 5.74) is 3.43. The summed E-state index contributed by atoms with van der Waals surface area (Å²) in [6, 6.07) is 5.95. The number of aryl methyl sites for hydroxylation is 1. The zero-order chi connectivity index (χ0) is 13.1. The lowest BCUT2D eigenvalue weighted by atomic mass is 9.92. The van der Waals surface area contributed by atoms with Crippen LogP contribution in [0.4, 0.5) is 0 Å². The van der Waals surface area contributed by atoms with Gasteiger partial charge in [0.1, 0.15) is 5.75 Å². The normalized spacial score (nSPS) is 13.6. The van der Waals surface area contributed by atoms with Gasteiger partial charge in [-0.15, -0.1) is 0 Å². The lowest BCUT2D eigenvalue weighted by Crippen LogP contribution is -2.27. The summed E-state index contributed by atoms with van der Waals surface area (Å²) in [4.78, 5) is 11.0. The Morgan fingerprint density at radius 2 is 2.22 bits per heavy atom. The van der Waals surface area contributed by atoms with Gasteiger partial charge in [-0.1, -0.05) is 12.1 Å². The molecule has 1 amide bonds. The van der Waals surface area contributed by atoms with Gasteiger partial charge >= 0.3 is 0 Å². The number of amides is 1. The quantitative estimate of drug-likeness (QED) is 0.658. The first-order chi connectivity index (χ1) is 8.60. The predicted molar refractivity (Wildman–Crippen MR) is 68.5 cm³/mol. The molecule has 4 heteroatoms. The number of hydroxylamine groups is 2. The van der Waals surface area contributed by atoms with Crippen molar-refractivity contribution in [2.75, 3.05) is 13.7 Å². The first-order valence-corrected chi connectivity index (χ1v) is 5.93. The predicted octanol–water partition coefficient (Wildman–Crippen LogP) is 2.26. The molecule has 96 valence electrons. The molecule has 1 aromatic rings. The standard InChI is InChI=1S/C14H17NO3/c1-10(16)15(17)9-11-3-4-13-8-14(18-2)6-5-12(13)7-11/h5-8,17H,3-4,9H2,1-2H3. The van der Waals surface area contributed by atoms with Crippen molar-refractivity contribution in [3.8, 4) is 5.75 Å². The molecule has 2 rings (SSSR count). The molecule has 18 heavy (non-hydrogen) atoms. The summed E-state index contributed by atoms with van der Waals surface area (Å²) >= 11 is 0. The smallest absolute Gasteiger partial charge is 0.243 e. The highest BCUT2D eigenvalue weighted by Gasteiger charge is 2.14. The zero-order valence-corrected chi connectivity index (χ0v) is 10.6. The number of ether oxygens (including phenoxy) is 1. The van der Waals surface area contributed by atoms with E-state index in [0.29, 0.717) is 0 Å². The first kappa shape index (κ1) is 12.6. The molecule has 4 nitrogen and oxygen atoms in total. The number of hydrogen-bond donors (Lipinski definition) is 1. The Morgan fingerprint density at radius 3 is 2.89 bits per heavy atom. The first-order valence-electron chi connectivity index (χ1n) is 5.93. The largest absolute Gasteiger partial charge is 0.497 e. The summed E-state index contributed by atoms with van der Waals surface area (Å²) in [7, 11) is 1.66. The maximum Gasteiger partial charge on any atom is 0.243 e. The van der Waals surface area contributed by atoms with Gasteiger partial charge in [-0.3, -0.25) is 10.0 Å². The molecule has 0 aromatic heterocycles. The molecule has 0 saturated heterocycles. The molecule has 0 bridgehead atoms. The van der Waals surface area contributed by atoms with Crippen molar-refractivity contribution < 1.29 is 14.7 Å². The Morgan fingerprint density at radius 1 is 1.44 bits per heavy atom. The van der Waals surface area contributed by atoms with E-state index in [1.165, 1.54) is 12.5 Å². The third-order valence-corrected chi connectivity index (χ3v) is 3.14. The fourth-order valence-electron chi connectivity index (χ4n) is 2.08. The second kappa shape index (κ2) is 5.23. The maximum atomic E-state index is 11.0. The van der Waals surface area contributed by atoms with Crippen LogP contribution in [-0.2, 0) is 11.2 Å². The molecule has 1 aliphatic rings. The van der Waals surface area contributed by atoms with Gasteiger partial charge in [0.05, 0.1) is 13.7 Å². The molecule has 1 aliphatic carbocycles. The Bertz CT molecular complexity index is 494. The molecule has 0 aliphatic heterocycles. The highest BCUT2D eigenvalue weighted by atomic mass is 16.5. The van der Waals surface area contributed by atoms with Crippen molar-refractivity contribution in [3.63, 3.8) is 0 Å². The third kappa shape index (κ3) is 2.71. The monoisotopic (exact) mass is 247 g/mol. The van der Waals surface area contributed by atoms with Gasteiger partial charge in [-0.25, -0.2) is 5.06 Å². The van der Waals surface area contributed by atoms with Crippen LogP contribution in [0.1, 0.15) is 24.5 Å². The molecular weight excluding hydrogens is 230 g/mol. The van der Waals surface area contributed by atoms with Crippen LogP contribution in [0.3, 0.4) is 0 Å². The molecular formula is C14H17NO3. The molecule has 0 radical (unpaired) electrons. The van der Waals surface area contributed by atoms with E-state index < -0.39 is 0 Å². The fourth-order valence-corrected chi connectivity index (χ4v) is 2.08. The van der Waals surface area contributed by atoms with Gasteiger partial charge in [-0.2, -0.15) is 0 Å². The van der Waals surface area contributed by atoms with Crippen LogP contribution < -0.4 is 4.74 Å². The van der Waals surface area contributed by atoms with E-state index in [1.54, 1.807) is 7.11 Å². The van der Waals surface area contributed by atoms with Crippen LogP contribution in [0.25, 0.3) is 6.08 Å². The van der Waals surface area contributed by atoms with E-state index in [-0.39, 0.29) is 12.5 Å². The molecule has 0 saturated carbocycles. The Kier molecular flexibility index (Phi) is 3.67. The van der Waals surface area contributed by atoms with Crippen LogP contribution in [0.5, 0.6) is 5.75 Å². The Balaban J connectivity index is 2.17. The highest BCUT2D eigenvalue weighted by molar-refractivity contribution is 5.72. The SMILES string of the molecule is COc1ccc2c(c1)CCC(CN(O)C(C)=O)=C2. The zero-order valence-electron chi connectivity index (χ0n) is 10.6. The maximum absolute atomic E-state index is 11.0. The van der Waals surface area contributed by atoms with Crippen LogP contribution >= 0.6 is 0 Å². The average molecular weight is 247 g/mol. The molecule has 0 heterocycles. The summed E-state index contributed by atoms with van der Waals surface area (Å²) < 4.78 is 5.19. The molecule has 0 atom stereocenters. The lowest BCUT2D eigenvalue weighted by molar-refractivity contribution is -0.160. The number of hydrogen-bond acceptors (Lipinski definition) is 3. The van der Waals surface area contributed by atoms with Crippen molar-refractivity contribution in [1.82, 2.24) is 5.06 Å². The highest BCUT2D eigenvalue weighted by Crippen LogP contribution is 2.27. The number of benzene rings is 1. The van der Waals surface area contributed by atoms with Gasteiger partial charge in [0.25, 0.3) is 0 Å². The van der Waals surface area contributed by atoms with E-state index in [1.807, 2.05) is 24.3 Å². The Hall–Kier alpha value is -1.81. The van der Waals surface area contributed by atoms with Crippen molar-refractivity contribution in [2.45, 2.75) is 19.8 Å². The summed E-state index contributed by atoms with van der Waals surface area (Å²) in [6.07, 6.45) is 3.79. The van der Waals surface area contributed by atoms with Crippen LogP contribution in [0.2, 0.25) is 0 Å². The molecule has 1 aromatic carbocycles. The van der Waals surface area contributed by atoms with Crippen molar-refractivity contribution in [1.29, 1.82) is 0 Å². The lowest BCUT2D eigenvalue weighted by Gasteiger charge is -2.20. The minimum atomic E-state index is -0.337. The number of nitrogens with zero attached hydrogens (tertiary/aromatic N) is 1. The summed E-state index contributed by atoms with van der Waals surface area (Å²) in [5, 5.41) is 10.2. The van der Waals surface area contributed by atoms with Crippen molar-refractivity contribution >= 4 is 12.0 Å².